The molecule has 0 aliphatic rings. The summed E-state index contributed by atoms with van der Waals surface area (Å²) in [5.41, 5.74) is -4.08. The Bertz CT molecular complexity index is 4610. The lowest BCUT2D eigenvalue weighted by molar-refractivity contribution is 0.953. The fourth-order valence-corrected chi connectivity index (χ4v) is 6.70. The Kier molecular flexibility index (Phi) is 3.64. The smallest absolute Gasteiger partial charge is 0.238 e. The first-order chi connectivity index (χ1) is 38.2. The number of nitrogens with zero attached hydrogens (tertiary/aromatic N) is 5. The third-order valence-corrected chi connectivity index (χ3v) is 9.03. The van der Waals surface area contributed by atoms with Gasteiger partial charge in [-0.05, 0) is 58.6 Å². The SMILES string of the molecule is [2H]c1c([2H])c([2H])c(-c2nc(-c3c([2H])c([2H])c(-c4c([2H])c([2H])c([2H])c([2H])c4[2H])c([2H])c3[2H])nc(-n3c4ccccc4c4c5c6ccccc6n(-c6c([2H])c([2H])c([2H])c(-c7c([2H])c([2H])c([2H])c([2H])c7[2H])c6[2H])c5c([2H])c([2H])c43)n2)c([2H])c1[2H]. The number of hydrogen-bond acceptors (Lipinski definition) is 3. The number of aromatic nitrogens is 5. The van der Waals surface area contributed by atoms with Gasteiger partial charge in [0.05, 0.1) is 56.3 Å². The molecule has 0 fully saturated rings. The van der Waals surface area contributed by atoms with Crippen LogP contribution in [0.15, 0.2) is 200 Å². The zero-order chi connectivity index (χ0) is 58.8. The highest BCUT2D eigenvalue weighted by atomic mass is 15.2. The van der Waals surface area contributed by atoms with E-state index in [1.807, 2.05) is 0 Å². The van der Waals surface area contributed by atoms with E-state index < -0.39 is 208 Å². The normalized spacial score (nSPS) is 17.8. The molecule has 5 nitrogen and oxygen atoms in total. The van der Waals surface area contributed by atoms with Crippen molar-refractivity contribution in [2.75, 3.05) is 0 Å². The van der Waals surface area contributed by atoms with Gasteiger partial charge in [-0.1, -0.05) is 163 Å². The molecule has 0 saturated heterocycles. The van der Waals surface area contributed by atoms with Crippen molar-refractivity contribution in [3.05, 3.63) is 200 Å². The summed E-state index contributed by atoms with van der Waals surface area (Å²) in [7, 11) is 0. The summed E-state index contributed by atoms with van der Waals surface area (Å²) >= 11 is 0. The average Bonchev–Trinajstić information content (AvgIpc) is 1.94. The summed E-state index contributed by atoms with van der Waals surface area (Å²) in [4.78, 5) is 13.7. The fraction of sp³-hybridized carbons (Fsp3) is 0. The molecule has 0 N–H and O–H groups in total. The van der Waals surface area contributed by atoms with Crippen molar-refractivity contribution in [2.24, 2.45) is 0 Å². The molecule has 8 aromatic carbocycles. The first-order valence-corrected chi connectivity index (χ1v) is 16.8. The van der Waals surface area contributed by atoms with Crippen molar-refractivity contribution in [2.45, 2.75) is 0 Å². The first-order valence-electron chi connectivity index (χ1n) is 29.3. The molecule has 0 saturated carbocycles. The van der Waals surface area contributed by atoms with Crippen molar-refractivity contribution in [3.63, 3.8) is 0 Å². The molecule has 11 aromatic rings. The van der Waals surface area contributed by atoms with E-state index in [1.54, 1.807) is 48.5 Å². The van der Waals surface area contributed by atoms with Gasteiger partial charge in [0.1, 0.15) is 0 Å². The topological polar surface area (TPSA) is 48.5 Å². The Morgan fingerprint density at radius 1 is 0.357 bits per heavy atom. The molecule has 5 heteroatoms. The molecular weight excluding hydrogens is 683 g/mol. The Labute approximate surface area is 358 Å². The maximum atomic E-state index is 9.93. The summed E-state index contributed by atoms with van der Waals surface area (Å²) in [6.45, 7) is 0. The van der Waals surface area contributed by atoms with Gasteiger partial charge in [-0.3, -0.25) is 4.57 Å². The lowest BCUT2D eigenvalue weighted by Crippen LogP contribution is -2.06. The monoisotopic (exact) mass is 740 g/mol. The minimum Gasteiger partial charge on any atom is -0.309 e. The van der Waals surface area contributed by atoms with Crippen LogP contribution in [0.1, 0.15) is 34.3 Å². The third-order valence-electron chi connectivity index (χ3n) is 9.03. The van der Waals surface area contributed by atoms with Crippen molar-refractivity contribution in [1.29, 1.82) is 0 Å². The van der Waals surface area contributed by atoms with Crippen LogP contribution in [0.3, 0.4) is 0 Å². The maximum Gasteiger partial charge on any atom is 0.238 e. The van der Waals surface area contributed by atoms with E-state index in [2.05, 4.69) is 15.0 Å². The molecule has 0 bridgehead atoms. The number of para-hydroxylation sites is 2. The van der Waals surface area contributed by atoms with E-state index in [9.17, 15) is 8.22 Å². The van der Waals surface area contributed by atoms with Crippen molar-refractivity contribution < 1.29 is 34.3 Å². The first kappa shape index (κ1) is 15.6. The maximum absolute atomic E-state index is 9.93. The highest BCUT2D eigenvalue weighted by Gasteiger charge is 2.22. The van der Waals surface area contributed by atoms with E-state index in [1.165, 1.54) is 9.13 Å². The Morgan fingerprint density at radius 2 is 0.804 bits per heavy atom. The van der Waals surface area contributed by atoms with Gasteiger partial charge in [0.25, 0.3) is 0 Å². The molecule has 262 valence electrons. The van der Waals surface area contributed by atoms with Crippen LogP contribution in [0, 0.1) is 0 Å². The van der Waals surface area contributed by atoms with E-state index in [0.29, 0.717) is 10.8 Å². The largest absolute Gasteiger partial charge is 0.309 e. The molecule has 3 aromatic heterocycles. The zero-order valence-electron chi connectivity index (χ0n) is 53.4. The molecular formula is C51H33N5. The van der Waals surface area contributed by atoms with Crippen LogP contribution in [0.25, 0.3) is 100 Å². The summed E-state index contributed by atoms with van der Waals surface area (Å²) in [5, 5.41) is 1.05. The number of hydrogen-bond donors (Lipinski definition) is 0. The highest BCUT2D eigenvalue weighted by molar-refractivity contribution is 6.28. The Hall–Kier alpha value is -7.63. The van der Waals surface area contributed by atoms with Crippen molar-refractivity contribution in [3.8, 4) is 56.7 Å². The van der Waals surface area contributed by atoms with Crippen molar-refractivity contribution in [1.82, 2.24) is 24.1 Å². The molecule has 0 radical (unpaired) electrons. The van der Waals surface area contributed by atoms with E-state index in [4.69, 9.17) is 26.0 Å². The summed E-state index contributed by atoms with van der Waals surface area (Å²) in [6.07, 6.45) is 0. The highest BCUT2D eigenvalue weighted by Crippen LogP contribution is 2.42. The van der Waals surface area contributed by atoms with Crippen molar-refractivity contribution >= 4 is 43.6 Å². The molecule has 56 heavy (non-hydrogen) atoms. The van der Waals surface area contributed by atoms with Crippen LogP contribution in [-0.2, 0) is 0 Å². The average molecular weight is 741 g/mol. The lowest BCUT2D eigenvalue weighted by Gasteiger charge is -2.12. The van der Waals surface area contributed by atoms with E-state index in [0.717, 1.165) is 0 Å². The van der Waals surface area contributed by atoms with Gasteiger partial charge in [0, 0.05) is 38.4 Å². The second-order valence-electron chi connectivity index (χ2n) is 12.2. The van der Waals surface area contributed by atoms with Gasteiger partial charge in [0.2, 0.25) is 5.95 Å². The molecule has 0 unspecified atom stereocenters. The Morgan fingerprint density at radius 3 is 1.41 bits per heavy atom. The van der Waals surface area contributed by atoms with Gasteiger partial charge in [-0.2, -0.15) is 9.97 Å². The predicted molar refractivity (Wildman–Crippen MR) is 230 cm³/mol. The van der Waals surface area contributed by atoms with Crippen LogP contribution in [0.5, 0.6) is 0 Å². The molecule has 3 heterocycles. The van der Waals surface area contributed by atoms with Gasteiger partial charge >= 0.3 is 0 Å². The van der Waals surface area contributed by atoms with Gasteiger partial charge < -0.3 is 4.57 Å². The number of fused-ring (bicyclic) bond motifs is 7. The molecule has 0 aliphatic heterocycles. The molecule has 0 aliphatic carbocycles. The second-order valence-corrected chi connectivity index (χ2v) is 12.2. The van der Waals surface area contributed by atoms with E-state index in [-0.39, 0.29) is 32.8 Å². The van der Waals surface area contributed by atoms with Gasteiger partial charge in [-0.15, -0.1) is 0 Å². The fourth-order valence-electron chi connectivity index (χ4n) is 6.70. The minimum atomic E-state index is -0.903. The van der Waals surface area contributed by atoms with Gasteiger partial charge in [0.15, 0.2) is 11.6 Å². The van der Waals surface area contributed by atoms with Crippen LogP contribution in [-0.4, -0.2) is 24.1 Å². The van der Waals surface area contributed by atoms with Crippen LogP contribution in [0.4, 0.5) is 0 Å². The lowest BCUT2D eigenvalue weighted by atomic mass is 10.0. The molecule has 0 spiro atoms. The third kappa shape index (κ3) is 5.21. The predicted octanol–water partition coefficient (Wildman–Crippen LogP) is 12.7. The summed E-state index contributed by atoms with van der Waals surface area (Å²) < 4.78 is 224. The second kappa shape index (κ2) is 13.0. The van der Waals surface area contributed by atoms with E-state index >= 15 is 0 Å². The standard InChI is InChI=1S/C51H33N5/c1-4-15-34(16-5-1)36-27-29-38(30-28-36)50-52-49(37-19-8-3-9-20-37)53-51(54-50)56-44-26-13-11-24-42(44)48-46(56)32-31-45-47(48)41-23-10-12-25-43(41)55(45)40-22-14-21-39(33-40)35-17-6-2-7-18-35/h1-33H/i1D,2D,3D,4D,5D,6D,7D,8D,9D,14D,15D,16D,17D,18D,19D,20D,21D,22D,27D,28D,29D,30D,31D,32D,33D. The van der Waals surface area contributed by atoms with Gasteiger partial charge in [-0.25, -0.2) is 4.98 Å². The number of rotatable bonds is 6. The van der Waals surface area contributed by atoms with Crippen LogP contribution in [0.2, 0.25) is 0 Å². The molecule has 0 amide bonds. The summed E-state index contributed by atoms with van der Waals surface area (Å²) in [6, 6.07) is -6.89. The zero-order valence-corrected chi connectivity index (χ0v) is 28.4. The molecule has 0 atom stereocenters. The van der Waals surface area contributed by atoms with Crippen LogP contribution >= 0.6 is 0 Å². The van der Waals surface area contributed by atoms with Crippen LogP contribution < -0.4 is 0 Å². The summed E-state index contributed by atoms with van der Waals surface area (Å²) in [5.74, 6) is -1.88. The minimum absolute atomic E-state index is 0.123. The molecule has 11 rings (SSSR count). The number of benzene rings is 8. The quantitative estimate of drug-likeness (QED) is 0.171. The Balaban J connectivity index is 1.28.